The fourth-order valence-corrected chi connectivity index (χ4v) is 2.26. The lowest BCUT2D eigenvalue weighted by Gasteiger charge is -2.07. The van der Waals surface area contributed by atoms with Gasteiger partial charge in [-0.3, -0.25) is 9.59 Å². The third-order valence-electron chi connectivity index (χ3n) is 3.73. The largest absolute Gasteiger partial charge is 0.497 e. The maximum atomic E-state index is 11.7. The highest BCUT2D eigenvalue weighted by molar-refractivity contribution is 5.81. The zero-order valence-electron chi connectivity index (χ0n) is 14.6. The Labute approximate surface area is 148 Å². The number of esters is 1. The van der Waals surface area contributed by atoms with E-state index in [0.29, 0.717) is 13.0 Å². The van der Waals surface area contributed by atoms with E-state index in [2.05, 4.69) is 5.32 Å². The highest BCUT2D eigenvalue weighted by Gasteiger charge is 2.08. The van der Waals surface area contributed by atoms with E-state index in [1.807, 2.05) is 55.5 Å². The third kappa shape index (κ3) is 6.67. The monoisotopic (exact) mass is 341 g/mol. The first-order valence-electron chi connectivity index (χ1n) is 8.17. The van der Waals surface area contributed by atoms with Gasteiger partial charge in [0.15, 0.2) is 6.61 Å². The molecule has 0 spiro atoms. The Morgan fingerprint density at radius 3 is 2.24 bits per heavy atom. The fourth-order valence-electron chi connectivity index (χ4n) is 2.26. The molecule has 132 valence electrons. The van der Waals surface area contributed by atoms with Gasteiger partial charge < -0.3 is 14.8 Å². The molecule has 0 aliphatic carbocycles. The predicted molar refractivity (Wildman–Crippen MR) is 95.5 cm³/mol. The van der Waals surface area contributed by atoms with Crippen molar-refractivity contribution in [1.82, 2.24) is 5.32 Å². The summed E-state index contributed by atoms with van der Waals surface area (Å²) in [5, 5.41) is 2.74. The van der Waals surface area contributed by atoms with Crippen molar-refractivity contribution in [1.29, 1.82) is 0 Å². The van der Waals surface area contributed by atoms with Crippen molar-refractivity contribution < 1.29 is 19.1 Å². The van der Waals surface area contributed by atoms with Crippen molar-refractivity contribution in [2.75, 3.05) is 20.3 Å². The molecule has 0 bridgehead atoms. The van der Waals surface area contributed by atoms with Crippen LogP contribution in [-0.4, -0.2) is 32.1 Å². The summed E-state index contributed by atoms with van der Waals surface area (Å²) in [5.74, 6) is 0.0909. The minimum absolute atomic E-state index is 0.166. The van der Waals surface area contributed by atoms with Crippen molar-refractivity contribution in [2.24, 2.45) is 0 Å². The average Bonchev–Trinajstić information content (AvgIpc) is 2.62. The normalized spacial score (nSPS) is 10.2. The standard InChI is InChI=1S/C20H23NO4/c1-15-3-5-17(6-4-15)13-20(23)25-14-19(22)21-12-11-16-7-9-18(24-2)10-8-16/h3-10H,11-14H2,1-2H3,(H,21,22). The highest BCUT2D eigenvalue weighted by atomic mass is 16.5. The molecule has 2 aromatic rings. The number of hydrogen-bond acceptors (Lipinski definition) is 4. The molecule has 25 heavy (non-hydrogen) atoms. The molecule has 0 aliphatic heterocycles. The number of ether oxygens (including phenoxy) is 2. The molecule has 2 aromatic carbocycles. The molecule has 0 heterocycles. The van der Waals surface area contributed by atoms with Crippen LogP contribution in [-0.2, 0) is 27.2 Å². The van der Waals surface area contributed by atoms with Gasteiger partial charge in [-0.05, 0) is 36.6 Å². The predicted octanol–water partition coefficient (Wildman–Crippen LogP) is 2.45. The molecule has 0 saturated carbocycles. The lowest BCUT2D eigenvalue weighted by Crippen LogP contribution is -2.30. The van der Waals surface area contributed by atoms with Crippen molar-refractivity contribution >= 4 is 11.9 Å². The van der Waals surface area contributed by atoms with Crippen LogP contribution in [0.4, 0.5) is 0 Å². The van der Waals surface area contributed by atoms with Crippen LogP contribution in [0.1, 0.15) is 16.7 Å². The zero-order valence-corrected chi connectivity index (χ0v) is 14.6. The van der Waals surface area contributed by atoms with Crippen molar-refractivity contribution in [3.63, 3.8) is 0 Å². The maximum absolute atomic E-state index is 11.7. The minimum atomic E-state index is -0.408. The summed E-state index contributed by atoms with van der Waals surface area (Å²) in [6.07, 6.45) is 0.868. The van der Waals surface area contributed by atoms with Crippen molar-refractivity contribution in [2.45, 2.75) is 19.8 Å². The Morgan fingerprint density at radius 1 is 0.960 bits per heavy atom. The van der Waals surface area contributed by atoms with E-state index in [4.69, 9.17) is 9.47 Å². The first kappa shape index (κ1) is 18.5. The Morgan fingerprint density at radius 2 is 1.60 bits per heavy atom. The summed E-state index contributed by atoms with van der Waals surface area (Å²) in [7, 11) is 1.62. The van der Waals surface area contributed by atoms with E-state index >= 15 is 0 Å². The van der Waals surface area contributed by atoms with E-state index in [1.54, 1.807) is 7.11 Å². The minimum Gasteiger partial charge on any atom is -0.497 e. The van der Waals surface area contributed by atoms with Crippen LogP contribution in [0.25, 0.3) is 0 Å². The molecule has 0 aliphatic rings. The van der Waals surface area contributed by atoms with Crippen molar-refractivity contribution in [3.05, 3.63) is 65.2 Å². The summed E-state index contributed by atoms with van der Waals surface area (Å²) in [6.45, 7) is 2.21. The molecule has 0 radical (unpaired) electrons. The Hall–Kier alpha value is -2.82. The maximum Gasteiger partial charge on any atom is 0.310 e. The molecule has 1 amide bonds. The number of nitrogens with one attached hydrogen (secondary N) is 1. The smallest absolute Gasteiger partial charge is 0.310 e. The molecule has 5 nitrogen and oxygen atoms in total. The van der Waals surface area contributed by atoms with Gasteiger partial charge in [0.1, 0.15) is 5.75 Å². The molecule has 0 unspecified atom stereocenters. The topological polar surface area (TPSA) is 64.6 Å². The van der Waals surface area contributed by atoms with Crippen LogP contribution < -0.4 is 10.1 Å². The molecular weight excluding hydrogens is 318 g/mol. The van der Waals surface area contributed by atoms with Gasteiger partial charge in [0.05, 0.1) is 13.5 Å². The summed E-state index contributed by atoms with van der Waals surface area (Å²) in [5.41, 5.74) is 3.10. The molecule has 0 fully saturated rings. The molecular formula is C20H23NO4. The number of aryl methyl sites for hydroxylation is 1. The second-order valence-electron chi connectivity index (χ2n) is 5.77. The van der Waals surface area contributed by atoms with Gasteiger partial charge in [0.25, 0.3) is 5.91 Å². The number of carbonyl (C=O) groups is 2. The zero-order chi connectivity index (χ0) is 18.1. The van der Waals surface area contributed by atoms with Gasteiger partial charge in [-0.25, -0.2) is 0 Å². The van der Waals surface area contributed by atoms with Gasteiger partial charge >= 0.3 is 5.97 Å². The highest BCUT2D eigenvalue weighted by Crippen LogP contribution is 2.11. The molecule has 2 rings (SSSR count). The number of carbonyl (C=O) groups excluding carboxylic acids is 2. The summed E-state index contributed by atoms with van der Waals surface area (Å²) < 4.78 is 10.1. The number of amides is 1. The Bertz CT molecular complexity index is 693. The van der Waals surface area contributed by atoms with Crippen LogP contribution in [0.3, 0.4) is 0 Å². The molecule has 0 saturated heterocycles. The van der Waals surface area contributed by atoms with Crippen LogP contribution in [0.15, 0.2) is 48.5 Å². The summed E-state index contributed by atoms with van der Waals surface area (Å²) >= 11 is 0. The molecule has 5 heteroatoms. The second-order valence-corrected chi connectivity index (χ2v) is 5.77. The van der Waals surface area contributed by atoms with E-state index in [-0.39, 0.29) is 18.9 Å². The number of rotatable bonds is 8. The van der Waals surface area contributed by atoms with Crippen LogP contribution in [0.5, 0.6) is 5.75 Å². The van der Waals surface area contributed by atoms with Gasteiger partial charge in [0.2, 0.25) is 0 Å². The lowest BCUT2D eigenvalue weighted by molar-refractivity contribution is -0.147. The van der Waals surface area contributed by atoms with E-state index in [9.17, 15) is 9.59 Å². The van der Waals surface area contributed by atoms with Crippen LogP contribution in [0, 0.1) is 6.92 Å². The van der Waals surface area contributed by atoms with Gasteiger partial charge in [0, 0.05) is 6.54 Å². The Balaban J connectivity index is 1.64. The fraction of sp³-hybridized carbons (Fsp3) is 0.300. The lowest BCUT2D eigenvalue weighted by atomic mass is 10.1. The van der Waals surface area contributed by atoms with E-state index in [1.165, 1.54) is 0 Å². The number of benzene rings is 2. The van der Waals surface area contributed by atoms with Crippen LogP contribution in [0.2, 0.25) is 0 Å². The quantitative estimate of drug-likeness (QED) is 0.749. The summed E-state index contributed by atoms with van der Waals surface area (Å²) in [4.78, 5) is 23.5. The summed E-state index contributed by atoms with van der Waals surface area (Å²) in [6, 6.07) is 15.3. The van der Waals surface area contributed by atoms with Gasteiger partial charge in [-0.15, -0.1) is 0 Å². The average molecular weight is 341 g/mol. The van der Waals surface area contributed by atoms with E-state index < -0.39 is 5.97 Å². The second kappa shape index (κ2) is 9.47. The van der Waals surface area contributed by atoms with Crippen molar-refractivity contribution in [3.8, 4) is 5.75 Å². The van der Waals surface area contributed by atoms with Gasteiger partial charge in [-0.2, -0.15) is 0 Å². The number of methoxy groups -OCH3 is 1. The first-order valence-corrected chi connectivity index (χ1v) is 8.17. The van der Waals surface area contributed by atoms with Gasteiger partial charge in [-0.1, -0.05) is 42.0 Å². The SMILES string of the molecule is COc1ccc(CCNC(=O)COC(=O)Cc2ccc(C)cc2)cc1. The van der Waals surface area contributed by atoms with E-state index in [0.717, 1.165) is 22.4 Å². The number of hydrogen-bond donors (Lipinski definition) is 1. The van der Waals surface area contributed by atoms with Crippen LogP contribution >= 0.6 is 0 Å². The molecule has 1 N–H and O–H groups in total. The third-order valence-corrected chi connectivity index (χ3v) is 3.73. The first-order chi connectivity index (χ1) is 12.1. The Kier molecular flexibility index (Phi) is 7.01. The molecule has 0 aromatic heterocycles. The molecule has 0 atom stereocenters.